The Morgan fingerprint density at radius 2 is 2.00 bits per heavy atom. The summed E-state index contributed by atoms with van der Waals surface area (Å²) in [4.78, 5) is 11.6. The van der Waals surface area contributed by atoms with Crippen LogP contribution in [0.15, 0.2) is 53.0 Å². The quantitative estimate of drug-likeness (QED) is 0.803. The standard InChI is InChI=1S/C15H15BrO/c16-14-8-4-7-13(9-10-15(14)17)11-12-5-2-1-3-6-12/h1-8,13H,9-11H2. The van der Waals surface area contributed by atoms with Gasteiger partial charge in [0.25, 0.3) is 0 Å². The number of ketones is 1. The summed E-state index contributed by atoms with van der Waals surface area (Å²) in [5, 5.41) is 0. The third-order valence-corrected chi connectivity index (χ3v) is 3.68. The lowest BCUT2D eigenvalue weighted by Gasteiger charge is -2.13. The molecule has 0 radical (unpaired) electrons. The molecule has 0 saturated heterocycles. The van der Waals surface area contributed by atoms with Crippen molar-refractivity contribution >= 4 is 21.7 Å². The van der Waals surface area contributed by atoms with E-state index in [0.29, 0.717) is 16.8 Å². The normalized spacial score (nSPS) is 20.6. The number of halogens is 1. The van der Waals surface area contributed by atoms with Gasteiger partial charge >= 0.3 is 0 Å². The average Bonchev–Trinajstić information content (AvgIpc) is 2.35. The highest BCUT2D eigenvalue weighted by molar-refractivity contribution is 9.12. The largest absolute Gasteiger partial charge is 0.294 e. The Kier molecular flexibility index (Phi) is 4.32. The van der Waals surface area contributed by atoms with E-state index in [-0.39, 0.29) is 5.78 Å². The zero-order valence-electron chi connectivity index (χ0n) is 9.60. The number of hydrogen-bond acceptors (Lipinski definition) is 1. The van der Waals surface area contributed by atoms with Gasteiger partial charge in [0.1, 0.15) is 0 Å². The van der Waals surface area contributed by atoms with Gasteiger partial charge in [-0.2, -0.15) is 0 Å². The molecule has 0 N–H and O–H groups in total. The van der Waals surface area contributed by atoms with E-state index in [1.807, 2.05) is 18.2 Å². The van der Waals surface area contributed by atoms with Crippen LogP contribution in [0.4, 0.5) is 0 Å². The van der Waals surface area contributed by atoms with Crippen LogP contribution < -0.4 is 0 Å². The topological polar surface area (TPSA) is 17.1 Å². The summed E-state index contributed by atoms with van der Waals surface area (Å²) in [5.74, 6) is 0.658. The Labute approximate surface area is 110 Å². The highest BCUT2D eigenvalue weighted by Crippen LogP contribution is 2.21. The van der Waals surface area contributed by atoms with E-state index in [2.05, 4.69) is 46.3 Å². The van der Waals surface area contributed by atoms with E-state index in [1.54, 1.807) is 0 Å². The first-order valence-corrected chi connectivity index (χ1v) is 6.66. The minimum absolute atomic E-state index is 0.201. The summed E-state index contributed by atoms with van der Waals surface area (Å²) < 4.78 is 0.687. The highest BCUT2D eigenvalue weighted by Gasteiger charge is 2.13. The molecule has 0 fully saturated rings. The zero-order valence-corrected chi connectivity index (χ0v) is 11.2. The number of carbonyl (C=O) groups is 1. The molecular weight excluding hydrogens is 276 g/mol. The molecule has 1 unspecified atom stereocenters. The number of allylic oxidation sites excluding steroid dienone is 4. The lowest BCUT2D eigenvalue weighted by molar-refractivity contribution is -0.115. The van der Waals surface area contributed by atoms with Crippen molar-refractivity contribution in [3.8, 4) is 0 Å². The van der Waals surface area contributed by atoms with Crippen molar-refractivity contribution in [1.29, 1.82) is 0 Å². The summed E-state index contributed by atoms with van der Waals surface area (Å²) in [6.07, 6.45) is 8.58. The maximum absolute atomic E-state index is 11.6. The van der Waals surface area contributed by atoms with Crippen molar-refractivity contribution in [1.82, 2.24) is 0 Å². The summed E-state index contributed by atoms with van der Waals surface area (Å²) in [6, 6.07) is 10.4. The maximum atomic E-state index is 11.6. The second-order valence-electron chi connectivity index (χ2n) is 4.31. The first-order chi connectivity index (χ1) is 8.25. The fourth-order valence-corrected chi connectivity index (χ4v) is 2.36. The zero-order chi connectivity index (χ0) is 12.1. The van der Waals surface area contributed by atoms with Crippen molar-refractivity contribution in [2.45, 2.75) is 19.3 Å². The summed E-state index contributed by atoms with van der Waals surface area (Å²) >= 11 is 3.29. The van der Waals surface area contributed by atoms with Crippen LogP contribution >= 0.6 is 15.9 Å². The van der Waals surface area contributed by atoms with Crippen LogP contribution in [0.1, 0.15) is 18.4 Å². The third kappa shape index (κ3) is 3.67. The highest BCUT2D eigenvalue weighted by atomic mass is 79.9. The van der Waals surface area contributed by atoms with Gasteiger partial charge in [0.15, 0.2) is 5.78 Å². The van der Waals surface area contributed by atoms with Gasteiger partial charge in [0, 0.05) is 6.42 Å². The minimum Gasteiger partial charge on any atom is -0.294 e. The van der Waals surface area contributed by atoms with Gasteiger partial charge < -0.3 is 0 Å². The van der Waals surface area contributed by atoms with Crippen molar-refractivity contribution in [3.05, 3.63) is 58.6 Å². The maximum Gasteiger partial charge on any atom is 0.169 e. The Morgan fingerprint density at radius 3 is 2.76 bits per heavy atom. The van der Waals surface area contributed by atoms with E-state index < -0.39 is 0 Å². The molecule has 1 aromatic rings. The molecule has 2 heteroatoms. The molecule has 0 spiro atoms. The summed E-state index contributed by atoms with van der Waals surface area (Å²) in [6.45, 7) is 0. The molecular formula is C15H15BrO. The van der Waals surface area contributed by atoms with Crippen LogP contribution in [0.5, 0.6) is 0 Å². The fraction of sp³-hybridized carbons (Fsp3) is 0.267. The molecule has 88 valence electrons. The molecule has 1 aromatic carbocycles. The Balaban J connectivity index is 2.05. The summed E-state index contributed by atoms with van der Waals surface area (Å²) in [7, 11) is 0. The molecule has 1 aliphatic rings. The first-order valence-electron chi connectivity index (χ1n) is 5.87. The second kappa shape index (κ2) is 5.97. The fourth-order valence-electron chi connectivity index (χ4n) is 2.01. The van der Waals surface area contributed by atoms with Crippen LogP contribution in [0.2, 0.25) is 0 Å². The SMILES string of the molecule is O=C1CCC(Cc2ccccc2)C=CC=C1Br. The van der Waals surface area contributed by atoms with Crippen molar-refractivity contribution in [2.75, 3.05) is 0 Å². The summed E-state index contributed by atoms with van der Waals surface area (Å²) in [5.41, 5.74) is 1.33. The number of carbonyl (C=O) groups excluding carboxylic acids is 1. The molecule has 2 rings (SSSR count). The predicted octanol–water partition coefficient (Wildman–Crippen LogP) is 4.04. The average molecular weight is 291 g/mol. The Morgan fingerprint density at radius 1 is 1.24 bits per heavy atom. The number of benzene rings is 1. The van der Waals surface area contributed by atoms with Crippen molar-refractivity contribution < 1.29 is 4.79 Å². The van der Waals surface area contributed by atoms with E-state index in [0.717, 1.165) is 12.8 Å². The smallest absolute Gasteiger partial charge is 0.169 e. The molecule has 0 heterocycles. The van der Waals surface area contributed by atoms with Crippen molar-refractivity contribution in [3.63, 3.8) is 0 Å². The first kappa shape index (κ1) is 12.3. The van der Waals surface area contributed by atoms with Crippen LogP contribution in [-0.2, 0) is 11.2 Å². The number of hydrogen-bond donors (Lipinski definition) is 0. The lowest BCUT2D eigenvalue weighted by Crippen LogP contribution is -2.07. The predicted molar refractivity (Wildman–Crippen MR) is 74.0 cm³/mol. The van der Waals surface area contributed by atoms with Crippen LogP contribution in [0.25, 0.3) is 0 Å². The van der Waals surface area contributed by atoms with E-state index in [9.17, 15) is 4.79 Å². The molecule has 0 aromatic heterocycles. The van der Waals surface area contributed by atoms with Gasteiger partial charge in [-0.15, -0.1) is 0 Å². The molecule has 0 aliphatic heterocycles. The molecule has 0 amide bonds. The monoisotopic (exact) mass is 290 g/mol. The van der Waals surface area contributed by atoms with Gasteiger partial charge in [-0.3, -0.25) is 4.79 Å². The molecule has 1 nitrogen and oxygen atoms in total. The second-order valence-corrected chi connectivity index (χ2v) is 5.17. The van der Waals surface area contributed by atoms with Gasteiger partial charge in [-0.05, 0) is 46.3 Å². The van der Waals surface area contributed by atoms with Gasteiger partial charge in [-0.25, -0.2) is 0 Å². The minimum atomic E-state index is 0.201. The Hall–Kier alpha value is -1.15. The van der Waals surface area contributed by atoms with Gasteiger partial charge in [0.2, 0.25) is 0 Å². The van der Waals surface area contributed by atoms with E-state index in [1.165, 1.54) is 5.56 Å². The van der Waals surface area contributed by atoms with Gasteiger partial charge in [-0.1, -0.05) is 42.5 Å². The van der Waals surface area contributed by atoms with Crippen LogP contribution in [0.3, 0.4) is 0 Å². The van der Waals surface area contributed by atoms with E-state index >= 15 is 0 Å². The van der Waals surface area contributed by atoms with Crippen molar-refractivity contribution in [2.24, 2.45) is 5.92 Å². The molecule has 0 saturated carbocycles. The Bertz CT molecular complexity index is 445. The van der Waals surface area contributed by atoms with Crippen LogP contribution in [-0.4, -0.2) is 5.78 Å². The molecule has 17 heavy (non-hydrogen) atoms. The van der Waals surface area contributed by atoms with E-state index in [4.69, 9.17) is 0 Å². The van der Waals surface area contributed by atoms with Gasteiger partial charge in [0.05, 0.1) is 4.48 Å². The molecule has 0 bridgehead atoms. The molecule has 1 aliphatic carbocycles. The van der Waals surface area contributed by atoms with Crippen LogP contribution in [0, 0.1) is 5.92 Å². The lowest BCUT2D eigenvalue weighted by atomic mass is 9.92. The third-order valence-electron chi connectivity index (χ3n) is 2.98. The molecule has 1 atom stereocenters. The number of Topliss-reactive ketones (excluding diaryl/α,β-unsaturated/α-hetero) is 1. The number of rotatable bonds is 2.